The SMILES string of the molecule is CNC(=O)c1ccc(Nc2nc3c(-c4ccc(CN5CCS(=O)(=O)CC5)cc4)cccn3n2)cc1. The van der Waals surface area contributed by atoms with Gasteiger partial charge >= 0.3 is 0 Å². The third-order valence-corrected chi connectivity index (χ3v) is 7.71. The van der Waals surface area contributed by atoms with Gasteiger partial charge in [0.05, 0.1) is 11.5 Å². The van der Waals surface area contributed by atoms with Crippen LogP contribution in [0.2, 0.25) is 0 Å². The van der Waals surface area contributed by atoms with Crippen LogP contribution in [0.4, 0.5) is 11.6 Å². The Morgan fingerprint density at radius 3 is 2.40 bits per heavy atom. The minimum atomic E-state index is -2.87. The summed E-state index contributed by atoms with van der Waals surface area (Å²) in [7, 11) is -1.27. The lowest BCUT2D eigenvalue weighted by Gasteiger charge is -2.26. The molecule has 1 aliphatic heterocycles. The lowest BCUT2D eigenvalue weighted by molar-refractivity contribution is 0.0963. The fourth-order valence-corrected chi connectivity index (χ4v) is 5.40. The average Bonchev–Trinajstić information content (AvgIpc) is 3.28. The van der Waals surface area contributed by atoms with Crippen molar-refractivity contribution in [2.75, 3.05) is 37.0 Å². The fraction of sp³-hybridized carbons (Fsp3) is 0.240. The predicted octanol–water partition coefficient (Wildman–Crippen LogP) is 2.73. The van der Waals surface area contributed by atoms with Gasteiger partial charge in [0.2, 0.25) is 5.95 Å². The quantitative estimate of drug-likeness (QED) is 0.428. The van der Waals surface area contributed by atoms with Crippen molar-refractivity contribution < 1.29 is 13.2 Å². The first-order chi connectivity index (χ1) is 16.9. The van der Waals surface area contributed by atoms with Gasteiger partial charge in [-0.25, -0.2) is 12.9 Å². The first-order valence-electron chi connectivity index (χ1n) is 11.4. The second kappa shape index (κ2) is 9.47. The second-order valence-electron chi connectivity index (χ2n) is 8.53. The molecule has 35 heavy (non-hydrogen) atoms. The Hall–Kier alpha value is -3.76. The molecule has 1 fully saturated rings. The highest BCUT2D eigenvalue weighted by atomic mass is 32.2. The summed E-state index contributed by atoms with van der Waals surface area (Å²) in [5.41, 5.74) is 5.21. The zero-order valence-corrected chi connectivity index (χ0v) is 20.1. The molecule has 4 aromatic rings. The molecule has 0 aliphatic carbocycles. The van der Waals surface area contributed by atoms with Gasteiger partial charge in [0.15, 0.2) is 15.5 Å². The third-order valence-electron chi connectivity index (χ3n) is 6.10. The molecule has 3 heterocycles. The van der Waals surface area contributed by atoms with Crippen LogP contribution in [0.3, 0.4) is 0 Å². The Kier molecular flexibility index (Phi) is 6.23. The molecule has 0 atom stereocenters. The van der Waals surface area contributed by atoms with Crippen LogP contribution < -0.4 is 10.6 Å². The maximum atomic E-state index is 11.7. The van der Waals surface area contributed by atoms with Gasteiger partial charge in [-0.05, 0) is 47.5 Å². The van der Waals surface area contributed by atoms with Crippen LogP contribution in [0.5, 0.6) is 0 Å². The summed E-state index contributed by atoms with van der Waals surface area (Å²) in [4.78, 5) is 18.6. The molecule has 180 valence electrons. The summed E-state index contributed by atoms with van der Waals surface area (Å²) < 4.78 is 25.0. The van der Waals surface area contributed by atoms with Gasteiger partial charge in [0, 0.05) is 49.7 Å². The molecular weight excluding hydrogens is 464 g/mol. The molecule has 1 aliphatic rings. The van der Waals surface area contributed by atoms with E-state index in [0.717, 1.165) is 34.6 Å². The van der Waals surface area contributed by atoms with E-state index < -0.39 is 9.84 Å². The van der Waals surface area contributed by atoms with Crippen LogP contribution in [-0.2, 0) is 16.4 Å². The average molecular weight is 491 g/mol. The Labute approximate surface area is 203 Å². The second-order valence-corrected chi connectivity index (χ2v) is 10.8. The molecule has 0 radical (unpaired) electrons. The maximum absolute atomic E-state index is 11.7. The van der Waals surface area contributed by atoms with Gasteiger partial charge < -0.3 is 10.6 Å². The Morgan fingerprint density at radius 2 is 1.71 bits per heavy atom. The molecule has 0 unspecified atom stereocenters. The summed E-state index contributed by atoms with van der Waals surface area (Å²) in [6.45, 7) is 1.89. The van der Waals surface area contributed by atoms with Crippen molar-refractivity contribution in [1.29, 1.82) is 0 Å². The summed E-state index contributed by atoms with van der Waals surface area (Å²) in [6, 6.07) is 19.3. The van der Waals surface area contributed by atoms with E-state index in [9.17, 15) is 13.2 Å². The van der Waals surface area contributed by atoms with Crippen molar-refractivity contribution in [3.63, 3.8) is 0 Å². The van der Waals surface area contributed by atoms with Gasteiger partial charge in [-0.1, -0.05) is 24.3 Å². The van der Waals surface area contributed by atoms with Gasteiger partial charge in [-0.2, -0.15) is 4.98 Å². The molecule has 0 bridgehead atoms. The minimum Gasteiger partial charge on any atom is -0.355 e. The number of benzene rings is 2. The number of pyridine rings is 1. The number of aromatic nitrogens is 3. The van der Waals surface area contributed by atoms with E-state index in [1.165, 1.54) is 0 Å². The monoisotopic (exact) mass is 490 g/mol. The van der Waals surface area contributed by atoms with Crippen LogP contribution in [0.25, 0.3) is 16.8 Å². The smallest absolute Gasteiger partial charge is 0.251 e. The number of fused-ring (bicyclic) bond motifs is 1. The van der Waals surface area contributed by atoms with Crippen LogP contribution in [0.1, 0.15) is 15.9 Å². The van der Waals surface area contributed by atoms with Crippen LogP contribution >= 0.6 is 0 Å². The molecule has 0 spiro atoms. The number of rotatable bonds is 6. The summed E-state index contributed by atoms with van der Waals surface area (Å²) in [5.74, 6) is 0.784. The van der Waals surface area contributed by atoms with Crippen LogP contribution in [0.15, 0.2) is 66.9 Å². The summed E-state index contributed by atoms with van der Waals surface area (Å²) in [5, 5.41) is 10.3. The first-order valence-corrected chi connectivity index (χ1v) is 13.2. The zero-order valence-electron chi connectivity index (χ0n) is 19.3. The molecule has 2 aromatic carbocycles. The lowest BCUT2D eigenvalue weighted by atomic mass is 10.0. The number of hydrogen-bond acceptors (Lipinski definition) is 7. The number of nitrogens with zero attached hydrogens (tertiary/aromatic N) is 4. The predicted molar refractivity (Wildman–Crippen MR) is 135 cm³/mol. The topological polar surface area (TPSA) is 109 Å². The maximum Gasteiger partial charge on any atom is 0.251 e. The number of carbonyl (C=O) groups excluding carboxylic acids is 1. The zero-order chi connectivity index (χ0) is 24.4. The number of hydrogen-bond donors (Lipinski definition) is 2. The molecular formula is C25H26N6O3S. The standard InChI is InChI=1S/C25H26N6O3S/c1-26-24(32)20-8-10-21(11-9-20)27-25-28-23-22(3-2-12-31(23)29-25)19-6-4-18(5-7-19)17-30-13-15-35(33,34)16-14-30/h2-12H,13-17H2,1H3,(H,26,32)(H,27,29). The van der Waals surface area contributed by atoms with E-state index in [0.29, 0.717) is 24.6 Å². The van der Waals surface area contributed by atoms with E-state index in [2.05, 4.69) is 49.9 Å². The highest BCUT2D eigenvalue weighted by molar-refractivity contribution is 7.91. The third kappa shape index (κ3) is 5.18. The molecule has 9 nitrogen and oxygen atoms in total. The number of amides is 1. The van der Waals surface area contributed by atoms with Gasteiger partial charge in [0.25, 0.3) is 5.91 Å². The molecule has 5 rings (SSSR count). The van der Waals surface area contributed by atoms with Crippen molar-refractivity contribution >= 4 is 33.0 Å². The minimum absolute atomic E-state index is 0.137. The van der Waals surface area contributed by atoms with Crippen molar-refractivity contribution in [2.24, 2.45) is 0 Å². The van der Waals surface area contributed by atoms with E-state index in [-0.39, 0.29) is 17.4 Å². The molecule has 2 aromatic heterocycles. The van der Waals surface area contributed by atoms with E-state index in [1.54, 1.807) is 23.7 Å². The summed E-state index contributed by atoms with van der Waals surface area (Å²) >= 11 is 0. The number of sulfone groups is 1. The van der Waals surface area contributed by atoms with E-state index in [4.69, 9.17) is 0 Å². The van der Waals surface area contributed by atoms with Crippen molar-refractivity contribution in [2.45, 2.75) is 6.54 Å². The van der Waals surface area contributed by atoms with Gasteiger partial charge in [0.1, 0.15) is 0 Å². The van der Waals surface area contributed by atoms with Crippen molar-refractivity contribution in [3.8, 4) is 11.1 Å². The van der Waals surface area contributed by atoms with Crippen molar-refractivity contribution in [1.82, 2.24) is 24.8 Å². The first kappa shape index (κ1) is 23.0. The highest BCUT2D eigenvalue weighted by Gasteiger charge is 2.21. The number of nitrogens with one attached hydrogen (secondary N) is 2. The van der Waals surface area contributed by atoms with Crippen LogP contribution in [-0.4, -0.2) is 65.5 Å². The Morgan fingerprint density at radius 1 is 1.00 bits per heavy atom. The fourth-order valence-electron chi connectivity index (χ4n) is 4.12. The van der Waals surface area contributed by atoms with E-state index in [1.807, 2.05) is 30.5 Å². The summed E-state index contributed by atoms with van der Waals surface area (Å²) in [6.07, 6.45) is 1.85. The number of carbonyl (C=O) groups is 1. The Bertz CT molecular complexity index is 1450. The molecule has 1 amide bonds. The molecule has 2 N–H and O–H groups in total. The highest BCUT2D eigenvalue weighted by Crippen LogP contribution is 2.26. The van der Waals surface area contributed by atoms with Crippen molar-refractivity contribution in [3.05, 3.63) is 78.0 Å². The largest absolute Gasteiger partial charge is 0.355 e. The van der Waals surface area contributed by atoms with Gasteiger partial charge in [-0.3, -0.25) is 9.69 Å². The van der Waals surface area contributed by atoms with E-state index >= 15 is 0 Å². The number of anilines is 2. The molecule has 0 saturated carbocycles. The lowest BCUT2D eigenvalue weighted by Crippen LogP contribution is -2.39. The molecule has 10 heteroatoms. The van der Waals surface area contributed by atoms with Gasteiger partial charge in [-0.15, -0.1) is 5.10 Å². The Balaban J connectivity index is 1.32. The van der Waals surface area contributed by atoms with Crippen LogP contribution in [0, 0.1) is 0 Å². The molecule has 1 saturated heterocycles. The normalized spacial score (nSPS) is 15.7.